The van der Waals surface area contributed by atoms with E-state index in [1.54, 1.807) is 17.4 Å². The molecule has 0 spiro atoms. The number of fused-ring (bicyclic) bond motifs is 1. The second kappa shape index (κ2) is 10.7. The fourth-order valence-electron chi connectivity index (χ4n) is 5.00. The Labute approximate surface area is 210 Å². The van der Waals surface area contributed by atoms with Crippen molar-refractivity contribution in [2.24, 2.45) is 5.92 Å². The molecule has 3 heterocycles. The van der Waals surface area contributed by atoms with Crippen LogP contribution in [0.15, 0.2) is 60.7 Å². The summed E-state index contributed by atoms with van der Waals surface area (Å²) < 4.78 is 1.23. The first-order chi connectivity index (χ1) is 17.1. The fourth-order valence-corrected chi connectivity index (χ4v) is 6.05. The Morgan fingerprint density at radius 2 is 1.60 bits per heavy atom. The Bertz CT molecular complexity index is 1160. The fraction of sp³-hybridized carbons (Fsp3) is 0.393. The summed E-state index contributed by atoms with van der Waals surface area (Å²) in [4.78, 5) is 36.9. The van der Waals surface area contributed by atoms with Crippen molar-refractivity contribution in [1.29, 1.82) is 0 Å². The van der Waals surface area contributed by atoms with E-state index in [4.69, 9.17) is 4.98 Å². The molecule has 7 heteroatoms. The molecule has 2 aromatic carbocycles. The molecule has 0 aliphatic carbocycles. The summed E-state index contributed by atoms with van der Waals surface area (Å²) in [5.74, 6) is 0.298. The second-order valence-corrected chi connectivity index (χ2v) is 10.5. The van der Waals surface area contributed by atoms with Crippen LogP contribution in [-0.4, -0.2) is 70.8 Å². The molecular weight excluding hydrogens is 456 g/mol. The topological polar surface area (TPSA) is 56.8 Å². The quantitative estimate of drug-likeness (QED) is 0.498. The molecule has 1 atom stereocenters. The van der Waals surface area contributed by atoms with E-state index < -0.39 is 0 Å². The Hall–Kier alpha value is -3.03. The number of carbonyl (C=O) groups excluding carboxylic acids is 2. The van der Waals surface area contributed by atoms with Crippen molar-refractivity contribution in [2.75, 3.05) is 39.3 Å². The summed E-state index contributed by atoms with van der Waals surface area (Å²) in [5.41, 5.74) is 2.08. The Kier molecular flexibility index (Phi) is 7.25. The number of rotatable bonds is 5. The molecule has 5 rings (SSSR count). The molecule has 0 N–H and O–H groups in total. The number of para-hydroxylation sites is 1. The molecule has 35 heavy (non-hydrogen) atoms. The standard InChI is InChI=1S/C28H32N4O2S/c1-21(27-29-24-9-5-6-10-25(24)35-27)30-17-19-32(20-18-30)28(34)23-13-15-31(16-14-23)26(33)12-11-22-7-3-2-4-8-22/h2-12,21,23H,13-20H2,1H3/b12-11+. The number of hydrogen-bond donors (Lipinski definition) is 0. The van der Waals surface area contributed by atoms with Crippen LogP contribution in [-0.2, 0) is 9.59 Å². The van der Waals surface area contributed by atoms with E-state index >= 15 is 0 Å². The van der Waals surface area contributed by atoms with Gasteiger partial charge in [0.2, 0.25) is 11.8 Å². The lowest BCUT2D eigenvalue weighted by Gasteiger charge is -2.40. The van der Waals surface area contributed by atoms with Gasteiger partial charge in [-0.2, -0.15) is 0 Å². The normalized spacial score (nSPS) is 18.9. The van der Waals surface area contributed by atoms with E-state index in [9.17, 15) is 9.59 Å². The minimum Gasteiger partial charge on any atom is -0.340 e. The van der Waals surface area contributed by atoms with Crippen LogP contribution in [0.2, 0.25) is 0 Å². The van der Waals surface area contributed by atoms with Crippen LogP contribution in [0, 0.1) is 5.92 Å². The van der Waals surface area contributed by atoms with Crippen LogP contribution >= 0.6 is 11.3 Å². The Morgan fingerprint density at radius 1 is 0.914 bits per heavy atom. The number of aromatic nitrogens is 1. The molecule has 0 saturated carbocycles. The molecule has 1 unspecified atom stereocenters. The number of carbonyl (C=O) groups is 2. The molecule has 2 aliphatic heterocycles. The highest BCUT2D eigenvalue weighted by Gasteiger charge is 2.32. The highest BCUT2D eigenvalue weighted by molar-refractivity contribution is 7.18. The Balaban J connectivity index is 1.09. The number of nitrogens with zero attached hydrogens (tertiary/aromatic N) is 4. The van der Waals surface area contributed by atoms with E-state index in [2.05, 4.69) is 30.0 Å². The van der Waals surface area contributed by atoms with Crippen LogP contribution in [0.5, 0.6) is 0 Å². The van der Waals surface area contributed by atoms with Crippen molar-refractivity contribution >= 4 is 39.4 Å². The largest absolute Gasteiger partial charge is 0.340 e. The van der Waals surface area contributed by atoms with Crippen LogP contribution in [0.25, 0.3) is 16.3 Å². The van der Waals surface area contributed by atoms with Gasteiger partial charge in [0.15, 0.2) is 0 Å². The molecule has 0 radical (unpaired) electrons. The maximum absolute atomic E-state index is 13.2. The van der Waals surface area contributed by atoms with Crippen molar-refractivity contribution in [3.05, 3.63) is 71.2 Å². The van der Waals surface area contributed by atoms with Gasteiger partial charge in [-0.25, -0.2) is 4.98 Å². The van der Waals surface area contributed by atoms with Crippen LogP contribution < -0.4 is 0 Å². The third-order valence-corrected chi connectivity index (χ3v) is 8.42. The molecule has 1 aromatic heterocycles. The predicted octanol–water partition coefficient (Wildman–Crippen LogP) is 4.45. The molecule has 6 nitrogen and oxygen atoms in total. The van der Waals surface area contributed by atoms with Crippen molar-refractivity contribution in [1.82, 2.24) is 19.7 Å². The lowest BCUT2D eigenvalue weighted by Crippen LogP contribution is -2.52. The van der Waals surface area contributed by atoms with Crippen LogP contribution in [0.1, 0.15) is 36.4 Å². The highest BCUT2D eigenvalue weighted by atomic mass is 32.1. The third-order valence-electron chi connectivity index (χ3n) is 7.22. The number of piperidine rings is 1. The van der Waals surface area contributed by atoms with Gasteiger partial charge < -0.3 is 9.80 Å². The first-order valence-electron chi connectivity index (χ1n) is 12.5. The van der Waals surface area contributed by atoms with Gasteiger partial charge in [-0.15, -0.1) is 11.3 Å². The van der Waals surface area contributed by atoms with Crippen molar-refractivity contribution < 1.29 is 9.59 Å². The molecule has 2 saturated heterocycles. The van der Waals surface area contributed by atoms with Crippen LogP contribution in [0.4, 0.5) is 0 Å². The molecule has 2 aliphatic rings. The van der Waals surface area contributed by atoms with Gasteiger partial charge in [0.25, 0.3) is 0 Å². The second-order valence-electron chi connectivity index (χ2n) is 9.40. The predicted molar refractivity (Wildman–Crippen MR) is 141 cm³/mol. The average molecular weight is 489 g/mol. The first kappa shape index (κ1) is 23.7. The molecule has 3 aromatic rings. The third kappa shape index (κ3) is 5.46. The number of piperazine rings is 1. The maximum Gasteiger partial charge on any atom is 0.246 e. The van der Waals surface area contributed by atoms with Crippen molar-refractivity contribution in [2.45, 2.75) is 25.8 Å². The number of benzene rings is 2. The maximum atomic E-state index is 13.2. The summed E-state index contributed by atoms with van der Waals surface area (Å²) in [7, 11) is 0. The van der Waals surface area contributed by atoms with Gasteiger partial charge in [-0.3, -0.25) is 14.5 Å². The smallest absolute Gasteiger partial charge is 0.246 e. The molecule has 2 fully saturated rings. The van der Waals surface area contributed by atoms with E-state index in [0.717, 1.165) is 55.1 Å². The molecule has 2 amide bonds. The van der Waals surface area contributed by atoms with Crippen molar-refractivity contribution in [3.63, 3.8) is 0 Å². The lowest BCUT2D eigenvalue weighted by molar-refractivity contribution is -0.141. The first-order valence-corrected chi connectivity index (χ1v) is 13.3. The monoisotopic (exact) mass is 488 g/mol. The minimum absolute atomic E-state index is 0.0189. The van der Waals surface area contributed by atoms with Gasteiger partial charge in [0.05, 0.1) is 16.3 Å². The lowest BCUT2D eigenvalue weighted by atomic mass is 9.94. The SMILES string of the molecule is CC(c1nc2ccccc2s1)N1CCN(C(=O)C2CCN(C(=O)/C=C/c3ccccc3)CC2)CC1. The average Bonchev–Trinajstić information content (AvgIpc) is 3.36. The zero-order valence-corrected chi connectivity index (χ0v) is 21.0. The summed E-state index contributed by atoms with van der Waals surface area (Å²) in [6, 6.07) is 18.4. The van der Waals surface area contributed by atoms with Crippen molar-refractivity contribution in [3.8, 4) is 0 Å². The number of hydrogen-bond acceptors (Lipinski definition) is 5. The summed E-state index contributed by atoms with van der Waals surface area (Å²) in [6.45, 7) is 6.75. The summed E-state index contributed by atoms with van der Waals surface area (Å²) >= 11 is 1.76. The van der Waals surface area contributed by atoms with E-state index in [-0.39, 0.29) is 23.8 Å². The highest BCUT2D eigenvalue weighted by Crippen LogP contribution is 2.30. The summed E-state index contributed by atoms with van der Waals surface area (Å²) in [6.07, 6.45) is 4.98. The molecular formula is C28H32N4O2S. The van der Waals surface area contributed by atoms with Gasteiger partial charge in [-0.1, -0.05) is 42.5 Å². The van der Waals surface area contributed by atoms with Gasteiger partial charge in [-0.05, 0) is 43.5 Å². The van der Waals surface area contributed by atoms with Gasteiger partial charge in [0, 0.05) is 51.3 Å². The zero-order valence-electron chi connectivity index (χ0n) is 20.2. The molecule has 0 bridgehead atoms. The zero-order chi connectivity index (χ0) is 24.2. The number of thiazole rings is 1. The van der Waals surface area contributed by atoms with Gasteiger partial charge >= 0.3 is 0 Å². The van der Waals surface area contributed by atoms with E-state index in [0.29, 0.717) is 13.1 Å². The van der Waals surface area contributed by atoms with E-state index in [1.165, 1.54) is 4.70 Å². The minimum atomic E-state index is 0.0189. The van der Waals surface area contributed by atoms with Crippen LogP contribution in [0.3, 0.4) is 0 Å². The van der Waals surface area contributed by atoms with E-state index in [1.807, 2.05) is 52.3 Å². The number of likely N-dealkylation sites (tertiary alicyclic amines) is 1. The Morgan fingerprint density at radius 3 is 2.31 bits per heavy atom. The van der Waals surface area contributed by atoms with Gasteiger partial charge in [0.1, 0.15) is 5.01 Å². The molecule has 182 valence electrons. The number of amides is 2. The summed E-state index contributed by atoms with van der Waals surface area (Å²) in [5, 5.41) is 1.14.